The molecule has 1 aromatic carbocycles. The maximum absolute atomic E-state index is 12.0. The Bertz CT molecular complexity index is 531. The Labute approximate surface area is 121 Å². The van der Waals surface area contributed by atoms with Gasteiger partial charge in [-0.1, -0.05) is 34.5 Å². The van der Waals surface area contributed by atoms with Gasteiger partial charge in [-0.05, 0) is 31.5 Å². The van der Waals surface area contributed by atoms with E-state index in [0.29, 0.717) is 10.9 Å². The number of aliphatic hydroxyl groups is 1. The van der Waals surface area contributed by atoms with E-state index in [0.717, 1.165) is 0 Å². The maximum Gasteiger partial charge on any atom is 0.242 e. The highest BCUT2D eigenvalue weighted by atomic mass is 79.9. The van der Waals surface area contributed by atoms with Gasteiger partial charge in [0.05, 0.1) is 10.6 Å². The highest BCUT2D eigenvalue weighted by molar-refractivity contribution is 9.10. The zero-order chi connectivity index (χ0) is 14.0. The van der Waals surface area contributed by atoms with Crippen LogP contribution in [0.2, 0.25) is 5.02 Å². The summed E-state index contributed by atoms with van der Waals surface area (Å²) in [5, 5.41) is 9.91. The number of nitrogens with one attached hydrogen (secondary N) is 1. The molecular weight excluding hydrogens is 342 g/mol. The van der Waals surface area contributed by atoms with Gasteiger partial charge in [-0.15, -0.1) is 0 Å². The minimum absolute atomic E-state index is 0.000676. The van der Waals surface area contributed by atoms with Crippen molar-refractivity contribution in [3.05, 3.63) is 27.7 Å². The Balaban J connectivity index is 2.94. The summed E-state index contributed by atoms with van der Waals surface area (Å²) in [7, 11) is -3.71. The minimum atomic E-state index is -3.71. The zero-order valence-corrected chi connectivity index (χ0v) is 13.2. The fourth-order valence-corrected chi connectivity index (χ4v) is 3.34. The highest BCUT2D eigenvalue weighted by Gasteiger charge is 2.23. The number of benzene rings is 1. The molecule has 0 saturated heterocycles. The lowest BCUT2D eigenvalue weighted by Crippen LogP contribution is -2.40. The molecule has 0 amide bonds. The van der Waals surface area contributed by atoms with E-state index >= 15 is 0 Å². The molecule has 0 fully saturated rings. The molecule has 1 atom stereocenters. The molecule has 1 unspecified atom stereocenters. The van der Waals surface area contributed by atoms with Gasteiger partial charge in [0.25, 0.3) is 0 Å². The molecule has 102 valence electrons. The summed E-state index contributed by atoms with van der Waals surface area (Å²) in [6.45, 7) is 3.29. The molecule has 0 aromatic heterocycles. The van der Waals surface area contributed by atoms with Crippen LogP contribution in [0.4, 0.5) is 0 Å². The van der Waals surface area contributed by atoms with E-state index in [-0.39, 0.29) is 16.5 Å². The normalized spacial score (nSPS) is 15.4. The first-order valence-corrected chi connectivity index (χ1v) is 8.00. The molecule has 7 heteroatoms. The Morgan fingerprint density at radius 2 is 2.11 bits per heavy atom. The van der Waals surface area contributed by atoms with Crippen LogP contribution >= 0.6 is 27.5 Å². The van der Waals surface area contributed by atoms with E-state index in [1.54, 1.807) is 19.9 Å². The molecule has 0 aliphatic rings. The fraction of sp³-hybridized carbons (Fsp3) is 0.455. The van der Waals surface area contributed by atoms with Crippen LogP contribution in [0, 0.1) is 0 Å². The zero-order valence-electron chi connectivity index (χ0n) is 10.1. The van der Waals surface area contributed by atoms with Crippen molar-refractivity contribution in [3.8, 4) is 0 Å². The third kappa shape index (κ3) is 4.20. The van der Waals surface area contributed by atoms with Gasteiger partial charge < -0.3 is 5.11 Å². The number of sulfonamides is 1. The van der Waals surface area contributed by atoms with Crippen LogP contribution in [0.5, 0.6) is 0 Å². The largest absolute Gasteiger partial charge is 0.389 e. The lowest BCUT2D eigenvalue weighted by Gasteiger charge is -2.21. The van der Waals surface area contributed by atoms with Gasteiger partial charge in [-0.3, -0.25) is 0 Å². The van der Waals surface area contributed by atoms with Crippen molar-refractivity contribution in [1.29, 1.82) is 0 Å². The molecule has 0 radical (unpaired) electrons. The van der Waals surface area contributed by atoms with E-state index in [4.69, 9.17) is 11.6 Å². The van der Waals surface area contributed by atoms with Crippen molar-refractivity contribution in [3.63, 3.8) is 0 Å². The second-order valence-corrected chi connectivity index (χ2v) is 7.31. The molecule has 1 rings (SSSR count). The number of hydrogen-bond donors (Lipinski definition) is 2. The monoisotopic (exact) mass is 355 g/mol. The smallest absolute Gasteiger partial charge is 0.242 e. The topological polar surface area (TPSA) is 66.4 Å². The van der Waals surface area contributed by atoms with Crippen LogP contribution in [-0.4, -0.2) is 25.7 Å². The van der Waals surface area contributed by atoms with Crippen molar-refractivity contribution in [2.45, 2.75) is 30.8 Å². The third-order valence-electron chi connectivity index (χ3n) is 2.59. The summed E-state index contributed by atoms with van der Waals surface area (Å²) < 4.78 is 27.1. The first-order valence-electron chi connectivity index (χ1n) is 5.35. The van der Waals surface area contributed by atoms with Crippen molar-refractivity contribution in [2.75, 3.05) is 6.54 Å². The minimum Gasteiger partial charge on any atom is -0.389 e. The Morgan fingerprint density at radius 1 is 1.50 bits per heavy atom. The van der Waals surface area contributed by atoms with Gasteiger partial charge in [-0.2, -0.15) is 0 Å². The summed E-state index contributed by atoms with van der Waals surface area (Å²) in [6, 6.07) is 4.52. The number of rotatable bonds is 5. The second kappa shape index (κ2) is 5.88. The Hall–Kier alpha value is -0.140. The summed E-state index contributed by atoms with van der Waals surface area (Å²) in [6.07, 6.45) is 0.448. The average Bonchev–Trinajstić information content (AvgIpc) is 2.26. The van der Waals surface area contributed by atoms with Gasteiger partial charge in [0.2, 0.25) is 10.0 Å². The maximum atomic E-state index is 12.0. The molecule has 0 aliphatic heterocycles. The first-order chi connectivity index (χ1) is 8.18. The molecule has 0 saturated carbocycles. The fourth-order valence-electron chi connectivity index (χ4n) is 1.15. The Kier molecular flexibility index (Phi) is 5.20. The summed E-state index contributed by atoms with van der Waals surface area (Å²) in [5.41, 5.74) is -1.07. The number of hydrogen-bond acceptors (Lipinski definition) is 3. The predicted octanol–water partition coefficient (Wildman–Crippen LogP) is 2.54. The van der Waals surface area contributed by atoms with Crippen LogP contribution in [0.3, 0.4) is 0 Å². The van der Waals surface area contributed by atoms with E-state index in [2.05, 4.69) is 20.7 Å². The first kappa shape index (κ1) is 15.9. The molecule has 4 nitrogen and oxygen atoms in total. The van der Waals surface area contributed by atoms with Crippen LogP contribution in [0.1, 0.15) is 20.3 Å². The molecule has 0 spiro atoms. The van der Waals surface area contributed by atoms with Crippen LogP contribution in [0.25, 0.3) is 0 Å². The van der Waals surface area contributed by atoms with E-state index in [1.165, 1.54) is 12.1 Å². The molecular formula is C11H15BrClNO3S. The Morgan fingerprint density at radius 3 is 2.61 bits per heavy atom. The molecule has 0 heterocycles. The average molecular weight is 357 g/mol. The van der Waals surface area contributed by atoms with Crippen molar-refractivity contribution < 1.29 is 13.5 Å². The van der Waals surface area contributed by atoms with Gasteiger partial charge in [0.15, 0.2) is 0 Å². The van der Waals surface area contributed by atoms with Gasteiger partial charge in [0.1, 0.15) is 4.90 Å². The van der Waals surface area contributed by atoms with Gasteiger partial charge in [0, 0.05) is 11.0 Å². The lowest BCUT2D eigenvalue weighted by atomic mass is 10.1. The van der Waals surface area contributed by atoms with Crippen LogP contribution < -0.4 is 4.72 Å². The van der Waals surface area contributed by atoms with Crippen molar-refractivity contribution in [2.24, 2.45) is 0 Å². The summed E-state index contributed by atoms with van der Waals surface area (Å²) >= 11 is 9.09. The SMILES string of the molecule is CCC(C)(O)CNS(=O)(=O)c1ccc(Br)cc1Cl. The predicted molar refractivity (Wildman–Crippen MR) is 75.3 cm³/mol. The molecule has 1 aromatic rings. The standard InChI is InChI=1S/C11H15BrClNO3S/c1-3-11(2,15)7-14-18(16,17)10-5-4-8(12)6-9(10)13/h4-6,14-15H,3,7H2,1-2H3. The van der Waals surface area contributed by atoms with Gasteiger partial charge in [-0.25, -0.2) is 13.1 Å². The quantitative estimate of drug-likeness (QED) is 0.852. The third-order valence-corrected chi connectivity index (χ3v) is 4.97. The molecule has 0 aliphatic carbocycles. The number of halogens is 2. The van der Waals surface area contributed by atoms with E-state index in [1.807, 2.05) is 0 Å². The van der Waals surface area contributed by atoms with Crippen molar-refractivity contribution in [1.82, 2.24) is 4.72 Å². The van der Waals surface area contributed by atoms with Crippen LogP contribution in [-0.2, 0) is 10.0 Å². The summed E-state index contributed by atoms with van der Waals surface area (Å²) in [5.74, 6) is 0. The lowest BCUT2D eigenvalue weighted by molar-refractivity contribution is 0.0613. The van der Waals surface area contributed by atoms with E-state index in [9.17, 15) is 13.5 Å². The molecule has 0 bridgehead atoms. The van der Waals surface area contributed by atoms with E-state index < -0.39 is 15.6 Å². The van der Waals surface area contributed by atoms with Gasteiger partial charge >= 0.3 is 0 Å². The summed E-state index contributed by atoms with van der Waals surface area (Å²) in [4.78, 5) is -0.000676. The highest BCUT2D eigenvalue weighted by Crippen LogP contribution is 2.25. The molecule has 2 N–H and O–H groups in total. The van der Waals surface area contributed by atoms with Crippen molar-refractivity contribution >= 4 is 37.6 Å². The molecule has 18 heavy (non-hydrogen) atoms. The second-order valence-electron chi connectivity index (χ2n) is 4.25. The van der Waals surface area contributed by atoms with Crippen LogP contribution in [0.15, 0.2) is 27.6 Å².